The number of benzene rings is 1. The lowest BCUT2D eigenvalue weighted by Crippen LogP contribution is -2.16. The van der Waals surface area contributed by atoms with Crippen LogP contribution in [-0.4, -0.2) is 6.54 Å². The van der Waals surface area contributed by atoms with Crippen molar-refractivity contribution in [1.82, 2.24) is 0 Å². The van der Waals surface area contributed by atoms with E-state index in [4.69, 9.17) is 0 Å². The Morgan fingerprint density at radius 1 is 1.29 bits per heavy atom. The highest BCUT2D eigenvalue weighted by Gasteiger charge is 2.33. The largest absolute Gasteiger partial charge is 0.418 e. The monoisotopic (exact) mass is 243 g/mol. The maximum absolute atomic E-state index is 12.7. The van der Waals surface area contributed by atoms with Crippen LogP contribution in [0, 0.1) is 11.8 Å². The summed E-state index contributed by atoms with van der Waals surface area (Å²) < 4.78 is 38.1. The normalized spacial score (nSPS) is 17.9. The lowest BCUT2D eigenvalue weighted by atomic mass is 10.1. The molecule has 1 fully saturated rings. The van der Waals surface area contributed by atoms with Crippen LogP contribution in [0.4, 0.5) is 18.9 Å². The van der Waals surface area contributed by atoms with E-state index in [0.29, 0.717) is 18.4 Å². The van der Waals surface area contributed by atoms with Gasteiger partial charge in [0.15, 0.2) is 0 Å². The Labute approximate surface area is 99.0 Å². The molecule has 1 saturated carbocycles. The van der Waals surface area contributed by atoms with E-state index < -0.39 is 11.7 Å². The minimum absolute atomic E-state index is 0.188. The van der Waals surface area contributed by atoms with Crippen molar-refractivity contribution in [2.75, 3.05) is 11.9 Å². The molecular weight excluding hydrogens is 227 g/mol. The molecule has 2 rings (SSSR count). The van der Waals surface area contributed by atoms with Crippen molar-refractivity contribution in [3.05, 3.63) is 29.8 Å². The number of nitrogens with one attached hydrogen (secondary N) is 1. The minimum Gasteiger partial charge on any atom is -0.384 e. The molecule has 1 aliphatic carbocycles. The molecule has 1 aromatic carbocycles. The molecule has 0 aromatic heterocycles. The molecule has 1 aliphatic rings. The molecule has 1 aromatic rings. The molecule has 1 atom stereocenters. The van der Waals surface area contributed by atoms with Crippen LogP contribution in [0.5, 0.6) is 0 Å². The zero-order valence-corrected chi connectivity index (χ0v) is 9.72. The van der Waals surface area contributed by atoms with Gasteiger partial charge in [0, 0.05) is 12.2 Å². The topological polar surface area (TPSA) is 12.0 Å². The Morgan fingerprint density at radius 3 is 2.53 bits per heavy atom. The molecule has 0 radical (unpaired) electrons. The zero-order valence-electron chi connectivity index (χ0n) is 9.72. The fourth-order valence-electron chi connectivity index (χ4n) is 1.99. The minimum atomic E-state index is -4.29. The third-order valence-corrected chi connectivity index (χ3v) is 3.27. The third-order valence-electron chi connectivity index (χ3n) is 3.27. The first-order valence-electron chi connectivity index (χ1n) is 5.88. The van der Waals surface area contributed by atoms with Crippen molar-refractivity contribution >= 4 is 5.69 Å². The molecule has 17 heavy (non-hydrogen) atoms. The lowest BCUT2D eigenvalue weighted by Gasteiger charge is -2.17. The number of alkyl halides is 3. The second-order valence-electron chi connectivity index (χ2n) is 4.74. The zero-order chi connectivity index (χ0) is 12.5. The summed E-state index contributed by atoms with van der Waals surface area (Å²) in [4.78, 5) is 0. The molecule has 1 nitrogen and oxygen atoms in total. The van der Waals surface area contributed by atoms with Gasteiger partial charge in [-0.15, -0.1) is 0 Å². The van der Waals surface area contributed by atoms with Gasteiger partial charge in [-0.05, 0) is 36.8 Å². The summed E-state index contributed by atoms with van der Waals surface area (Å²) in [6.45, 7) is 2.69. The Balaban J connectivity index is 2.04. The quantitative estimate of drug-likeness (QED) is 0.837. The average Bonchev–Trinajstić information content (AvgIpc) is 3.08. The van der Waals surface area contributed by atoms with Gasteiger partial charge in [-0.1, -0.05) is 19.1 Å². The summed E-state index contributed by atoms with van der Waals surface area (Å²) in [5.74, 6) is 1.14. The first-order chi connectivity index (χ1) is 7.98. The SMILES string of the molecule is CC(CNc1ccccc1C(F)(F)F)C1CC1. The van der Waals surface area contributed by atoms with Gasteiger partial charge in [0.1, 0.15) is 0 Å². The van der Waals surface area contributed by atoms with Gasteiger partial charge in [0.25, 0.3) is 0 Å². The summed E-state index contributed by atoms with van der Waals surface area (Å²) in [5.41, 5.74) is -0.393. The molecule has 0 amide bonds. The van der Waals surface area contributed by atoms with Crippen LogP contribution in [0.25, 0.3) is 0 Å². The van der Waals surface area contributed by atoms with Crippen molar-refractivity contribution < 1.29 is 13.2 Å². The van der Waals surface area contributed by atoms with E-state index in [-0.39, 0.29) is 5.69 Å². The third kappa shape index (κ3) is 3.14. The van der Waals surface area contributed by atoms with Crippen molar-refractivity contribution in [3.63, 3.8) is 0 Å². The number of hydrogen-bond donors (Lipinski definition) is 1. The van der Waals surface area contributed by atoms with Crippen LogP contribution in [0.1, 0.15) is 25.3 Å². The first-order valence-corrected chi connectivity index (χ1v) is 5.88. The van der Waals surface area contributed by atoms with Crippen molar-refractivity contribution in [3.8, 4) is 0 Å². The van der Waals surface area contributed by atoms with Gasteiger partial charge < -0.3 is 5.32 Å². The van der Waals surface area contributed by atoms with Crippen molar-refractivity contribution in [2.45, 2.75) is 25.9 Å². The number of hydrogen-bond acceptors (Lipinski definition) is 1. The molecule has 1 N–H and O–H groups in total. The maximum Gasteiger partial charge on any atom is 0.418 e. The molecule has 0 heterocycles. The summed E-state index contributed by atoms with van der Waals surface area (Å²) >= 11 is 0. The Bertz CT molecular complexity index is 382. The summed E-state index contributed by atoms with van der Waals surface area (Å²) in [6, 6.07) is 5.64. The van der Waals surface area contributed by atoms with E-state index in [9.17, 15) is 13.2 Å². The van der Waals surface area contributed by atoms with E-state index in [1.54, 1.807) is 6.07 Å². The van der Waals surface area contributed by atoms with Crippen molar-refractivity contribution in [2.24, 2.45) is 11.8 Å². The Hall–Kier alpha value is -1.19. The van der Waals surface area contributed by atoms with E-state index in [0.717, 1.165) is 6.07 Å². The summed E-state index contributed by atoms with van der Waals surface area (Å²) in [5, 5.41) is 2.92. The van der Waals surface area contributed by atoms with Crippen molar-refractivity contribution in [1.29, 1.82) is 0 Å². The highest BCUT2D eigenvalue weighted by atomic mass is 19.4. The number of halogens is 3. The smallest absolute Gasteiger partial charge is 0.384 e. The summed E-state index contributed by atoms with van der Waals surface area (Å²) in [6.07, 6.45) is -1.86. The van der Waals surface area contributed by atoms with Crippen LogP contribution in [0.2, 0.25) is 0 Å². The van der Waals surface area contributed by atoms with Crippen LogP contribution >= 0.6 is 0 Å². The number of anilines is 1. The highest BCUT2D eigenvalue weighted by molar-refractivity contribution is 5.52. The van der Waals surface area contributed by atoms with E-state index in [1.165, 1.54) is 25.0 Å². The molecular formula is C13H16F3N. The molecule has 4 heteroatoms. The molecule has 94 valence electrons. The van der Waals surface area contributed by atoms with Crippen LogP contribution in [0.15, 0.2) is 24.3 Å². The van der Waals surface area contributed by atoms with E-state index in [2.05, 4.69) is 12.2 Å². The predicted octanol–water partition coefficient (Wildman–Crippen LogP) is 4.16. The maximum atomic E-state index is 12.7. The summed E-state index contributed by atoms with van der Waals surface area (Å²) in [7, 11) is 0. The van der Waals surface area contributed by atoms with Gasteiger partial charge in [0.2, 0.25) is 0 Å². The standard InChI is InChI=1S/C13H16F3N/c1-9(10-6-7-10)8-17-12-5-3-2-4-11(12)13(14,15)16/h2-5,9-10,17H,6-8H2,1H3. The lowest BCUT2D eigenvalue weighted by molar-refractivity contribution is -0.136. The predicted molar refractivity (Wildman–Crippen MR) is 61.8 cm³/mol. The van der Waals surface area contributed by atoms with Crippen LogP contribution in [0.3, 0.4) is 0 Å². The molecule has 0 aliphatic heterocycles. The highest BCUT2D eigenvalue weighted by Crippen LogP contribution is 2.38. The van der Waals surface area contributed by atoms with Gasteiger partial charge in [0.05, 0.1) is 5.56 Å². The van der Waals surface area contributed by atoms with Gasteiger partial charge in [-0.3, -0.25) is 0 Å². The van der Waals surface area contributed by atoms with Gasteiger partial charge in [-0.25, -0.2) is 0 Å². The molecule has 0 saturated heterocycles. The van der Waals surface area contributed by atoms with E-state index >= 15 is 0 Å². The first kappa shape index (κ1) is 12.3. The van der Waals surface area contributed by atoms with Gasteiger partial charge >= 0.3 is 6.18 Å². The van der Waals surface area contributed by atoms with Crippen LogP contribution in [-0.2, 0) is 6.18 Å². The molecule has 1 unspecified atom stereocenters. The molecule has 0 bridgehead atoms. The van der Waals surface area contributed by atoms with Crippen LogP contribution < -0.4 is 5.32 Å². The number of rotatable bonds is 4. The number of para-hydroxylation sites is 1. The second-order valence-corrected chi connectivity index (χ2v) is 4.74. The molecule has 0 spiro atoms. The Morgan fingerprint density at radius 2 is 1.94 bits per heavy atom. The fraction of sp³-hybridized carbons (Fsp3) is 0.538. The fourth-order valence-corrected chi connectivity index (χ4v) is 1.99. The average molecular weight is 243 g/mol. The second kappa shape index (κ2) is 4.59. The Kier molecular flexibility index (Phi) is 3.31. The van der Waals surface area contributed by atoms with Gasteiger partial charge in [-0.2, -0.15) is 13.2 Å². The van der Waals surface area contributed by atoms with E-state index in [1.807, 2.05) is 0 Å².